The van der Waals surface area contributed by atoms with Crippen LogP contribution in [0, 0.1) is 46.3 Å². The first kappa shape index (κ1) is 32.6. The van der Waals surface area contributed by atoms with Crippen LogP contribution < -0.4 is 22.9 Å². The molecule has 0 aliphatic heterocycles. The van der Waals surface area contributed by atoms with E-state index in [0.717, 1.165) is 71.3 Å². The van der Waals surface area contributed by atoms with Gasteiger partial charge < -0.3 is 37.1 Å². The molecule has 3 unspecified atom stereocenters. The number of hydrogen-bond acceptors (Lipinski definition) is 7. The fraction of sp³-hybridized carbons (Fsp3) is 1.00. The normalized spacial score (nSPS) is 41.8. The average Bonchev–Trinajstić information content (AvgIpc) is 3.31. The standard InChI is InChI=1S/C33H64N4O3/c1-23(8-4-13-34)26-9-10-27-31-28(22-30(33(26,27)3)40-19-7-16-37)32(2)12-11-25(38-17-5-14-35)20-24(32)21-29(31)39-18-6-15-36/h23-31H,4-22,34-37H2,1-3H3/t23-,24?,25-,26-,27+,28+,29-,30+,31?,32?,33-/m1/s1. The van der Waals surface area contributed by atoms with Crippen molar-refractivity contribution in [1.82, 2.24) is 0 Å². The number of rotatable bonds is 16. The van der Waals surface area contributed by atoms with Crippen LogP contribution in [0.15, 0.2) is 0 Å². The van der Waals surface area contributed by atoms with Gasteiger partial charge in [-0.25, -0.2) is 0 Å². The quantitative estimate of drug-likeness (QED) is 0.204. The second-order valence-corrected chi connectivity index (χ2v) is 14.4. The summed E-state index contributed by atoms with van der Waals surface area (Å²) in [4.78, 5) is 0. The molecule has 4 fully saturated rings. The van der Waals surface area contributed by atoms with E-state index in [0.29, 0.717) is 72.8 Å². The Hall–Kier alpha value is -0.280. The van der Waals surface area contributed by atoms with E-state index in [1.165, 1.54) is 32.1 Å². The molecule has 0 saturated heterocycles. The third kappa shape index (κ3) is 6.61. The third-order valence-electron chi connectivity index (χ3n) is 12.4. The predicted octanol–water partition coefficient (Wildman–Crippen LogP) is 4.44. The zero-order valence-corrected chi connectivity index (χ0v) is 26.2. The molecule has 4 aliphatic rings. The Morgan fingerprint density at radius 1 is 0.725 bits per heavy atom. The van der Waals surface area contributed by atoms with Crippen LogP contribution in [0.2, 0.25) is 0 Å². The minimum absolute atomic E-state index is 0.172. The van der Waals surface area contributed by atoms with E-state index in [1.807, 2.05) is 0 Å². The summed E-state index contributed by atoms with van der Waals surface area (Å²) < 4.78 is 20.1. The molecular weight excluding hydrogens is 500 g/mol. The Balaban J connectivity index is 1.64. The summed E-state index contributed by atoms with van der Waals surface area (Å²) in [5.41, 5.74) is 24.0. The van der Waals surface area contributed by atoms with Gasteiger partial charge in [-0.2, -0.15) is 0 Å². The van der Waals surface area contributed by atoms with Gasteiger partial charge in [0, 0.05) is 25.2 Å². The zero-order valence-electron chi connectivity index (χ0n) is 26.2. The van der Waals surface area contributed by atoms with Crippen molar-refractivity contribution >= 4 is 0 Å². The third-order valence-corrected chi connectivity index (χ3v) is 12.4. The lowest BCUT2D eigenvalue weighted by Crippen LogP contribution is -2.63. The highest BCUT2D eigenvalue weighted by Gasteiger charge is 2.66. The second-order valence-electron chi connectivity index (χ2n) is 14.4. The van der Waals surface area contributed by atoms with Crippen LogP contribution in [0.25, 0.3) is 0 Å². The summed E-state index contributed by atoms with van der Waals surface area (Å²) in [5.74, 6) is 3.83. The molecule has 11 atom stereocenters. The van der Waals surface area contributed by atoms with E-state index in [9.17, 15) is 0 Å². The first-order valence-electron chi connectivity index (χ1n) is 17.0. The van der Waals surface area contributed by atoms with E-state index >= 15 is 0 Å². The second kappa shape index (κ2) is 14.9. The molecule has 0 bridgehead atoms. The Morgan fingerprint density at radius 3 is 2.05 bits per heavy atom. The number of hydrogen-bond donors (Lipinski definition) is 4. The van der Waals surface area contributed by atoms with Crippen LogP contribution in [0.5, 0.6) is 0 Å². The average molecular weight is 565 g/mol. The highest BCUT2D eigenvalue weighted by Crippen LogP contribution is 2.69. The maximum Gasteiger partial charge on any atom is 0.0637 e. The highest BCUT2D eigenvalue weighted by molar-refractivity contribution is 5.15. The Bertz CT molecular complexity index is 757. The molecular formula is C33H64N4O3. The lowest BCUT2D eigenvalue weighted by Gasteiger charge is -2.65. The van der Waals surface area contributed by atoms with Crippen LogP contribution in [0.1, 0.15) is 97.8 Å². The van der Waals surface area contributed by atoms with Crippen LogP contribution in [0.4, 0.5) is 0 Å². The summed E-state index contributed by atoms with van der Waals surface area (Å²) in [7, 11) is 0. The van der Waals surface area contributed by atoms with E-state index < -0.39 is 0 Å². The lowest BCUT2D eigenvalue weighted by atomic mass is 9.43. The van der Waals surface area contributed by atoms with Crippen molar-refractivity contribution in [2.75, 3.05) is 46.0 Å². The van der Waals surface area contributed by atoms with E-state index in [-0.39, 0.29) is 11.5 Å². The van der Waals surface area contributed by atoms with Crippen molar-refractivity contribution in [3.8, 4) is 0 Å². The SMILES string of the molecule is C[C@H](CCCN)[C@H]1CC[C@H]2C3[C@H](OCCCN)CC4C[C@H](OCCCN)CCC4(C)[C@H]3C[C@H](OCCCN)[C@]12C. The van der Waals surface area contributed by atoms with Gasteiger partial charge in [0.15, 0.2) is 0 Å². The minimum atomic E-state index is 0.172. The van der Waals surface area contributed by atoms with Crippen LogP contribution >= 0.6 is 0 Å². The van der Waals surface area contributed by atoms with Crippen molar-refractivity contribution in [3.63, 3.8) is 0 Å². The van der Waals surface area contributed by atoms with E-state index in [1.54, 1.807) is 0 Å². The molecule has 7 nitrogen and oxygen atoms in total. The molecule has 0 spiro atoms. The van der Waals surface area contributed by atoms with Gasteiger partial charge in [0.1, 0.15) is 0 Å². The van der Waals surface area contributed by atoms with Crippen LogP contribution in [-0.2, 0) is 14.2 Å². The van der Waals surface area contributed by atoms with Gasteiger partial charge in [-0.15, -0.1) is 0 Å². The van der Waals surface area contributed by atoms with Gasteiger partial charge in [-0.05, 0) is 144 Å². The van der Waals surface area contributed by atoms with Crippen molar-refractivity contribution in [3.05, 3.63) is 0 Å². The molecule has 4 saturated carbocycles. The van der Waals surface area contributed by atoms with Gasteiger partial charge in [-0.3, -0.25) is 0 Å². The fourth-order valence-corrected chi connectivity index (χ4v) is 10.2. The largest absolute Gasteiger partial charge is 0.378 e. The molecule has 0 aromatic heterocycles. The van der Waals surface area contributed by atoms with Crippen molar-refractivity contribution < 1.29 is 14.2 Å². The zero-order chi connectivity index (χ0) is 28.8. The molecule has 0 aromatic carbocycles. The van der Waals surface area contributed by atoms with Crippen molar-refractivity contribution in [2.45, 2.75) is 116 Å². The van der Waals surface area contributed by atoms with E-state index in [2.05, 4.69) is 20.8 Å². The number of ether oxygens (including phenoxy) is 3. The van der Waals surface area contributed by atoms with E-state index in [4.69, 9.17) is 37.1 Å². The van der Waals surface area contributed by atoms with Gasteiger partial charge in [0.25, 0.3) is 0 Å². The lowest BCUT2D eigenvalue weighted by molar-refractivity contribution is -0.227. The molecule has 4 aliphatic carbocycles. The monoisotopic (exact) mass is 564 g/mol. The first-order valence-corrected chi connectivity index (χ1v) is 17.0. The smallest absolute Gasteiger partial charge is 0.0637 e. The first-order chi connectivity index (χ1) is 19.3. The summed E-state index contributed by atoms with van der Waals surface area (Å²) in [5, 5.41) is 0. The van der Waals surface area contributed by atoms with Gasteiger partial charge in [-0.1, -0.05) is 20.8 Å². The molecule has 234 valence electrons. The fourth-order valence-electron chi connectivity index (χ4n) is 10.2. The maximum atomic E-state index is 6.92. The van der Waals surface area contributed by atoms with Crippen LogP contribution in [0.3, 0.4) is 0 Å². The molecule has 0 heterocycles. The topological polar surface area (TPSA) is 132 Å². The van der Waals surface area contributed by atoms with Gasteiger partial charge in [0.05, 0.1) is 18.3 Å². The Kier molecular flexibility index (Phi) is 12.2. The molecule has 8 N–H and O–H groups in total. The molecule has 0 radical (unpaired) electrons. The predicted molar refractivity (Wildman–Crippen MR) is 164 cm³/mol. The summed E-state index contributed by atoms with van der Waals surface area (Å²) in [6.45, 7) is 12.9. The number of nitrogens with two attached hydrogens (primary N) is 4. The Morgan fingerprint density at radius 2 is 1.38 bits per heavy atom. The van der Waals surface area contributed by atoms with Crippen LogP contribution in [-0.4, -0.2) is 64.3 Å². The maximum absolute atomic E-state index is 6.92. The molecule has 4 rings (SSSR count). The summed E-state index contributed by atoms with van der Waals surface area (Å²) >= 11 is 0. The van der Waals surface area contributed by atoms with Crippen molar-refractivity contribution in [2.24, 2.45) is 69.3 Å². The summed E-state index contributed by atoms with van der Waals surface area (Å²) in [6, 6.07) is 0. The Labute approximate surface area is 245 Å². The van der Waals surface area contributed by atoms with Gasteiger partial charge >= 0.3 is 0 Å². The highest BCUT2D eigenvalue weighted by atomic mass is 16.5. The summed E-state index contributed by atoms with van der Waals surface area (Å²) in [6.07, 6.45) is 14.6. The molecule has 7 heteroatoms. The minimum Gasteiger partial charge on any atom is -0.378 e. The molecule has 0 amide bonds. The van der Waals surface area contributed by atoms with Gasteiger partial charge in [0.2, 0.25) is 0 Å². The molecule has 40 heavy (non-hydrogen) atoms. The molecule has 0 aromatic rings. The number of fused-ring (bicyclic) bond motifs is 5. The van der Waals surface area contributed by atoms with Crippen molar-refractivity contribution in [1.29, 1.82) is 0 Å².